The predicted octanol–water partition coefficient (Wildman–Crippen LogP) is 5.94. The van der Waals surface area contributed by atoms with Crippen molar-refractivity contribution in [2.45, 2.75) is 55.4 Å². The molecule has 190 valence electrons. The van der Waals surface area contributed by atoms with Gasteiger partial charge in [-0.1, -0.05) is 33.4 Å². The summed E-state index contributed by atoms with van der Waals surface area (Å²) in [5.41, 5.74) is 1.13. The summed E-state index contributed by atoms with van der Waals surface area (Å²) in [6.07, 6.45) is 7.81. The van der Waals surface area contributed by atoms with Crippen molar-refractivity contribution < 1.29 is 14.0 Å². The molecule has 0 unspecified atom stereocenters. The molecule has 0 atom stereocenters. The summed E-state index contributed by atoms with van der Waals surface area (Å²) in [5.74, 6) is 2.55. The van der Waals surface area contributed by atoms with Gasteiger partial charge in [-0.05, 0) is 43.0 Å². The van der Waals surface area contributed by atoms with E-state index in [1.807, 2.05) is 17.3 Å². The van der Waals surface area contributed by atoms with Gasteiger partial charge in [-0.3, -0.25) is 9.59 Å². The van der Waals surface area contributed by atoms with Crippen molar-refractivity contribution in [1.29, 1.82) is 0 Å². The van der Waals surface area contributed by atoms with Gasteiger partial charge < -0.3 is 14.6 Å². The number of thiazole rings is 1. The first-order chi connectivity index (χ1) is 17.2. The van der Waals surface area contributed by atoms with Gasteiger partial charge in [-0.2, -0.15) is 0 Å². The van der Waals surface area contributed by atoms with Gasteiger partial charge in [0.1, 0.15) is 5.76 Å². The van der Waals surface area contributed by atoms with Crippen molar-refractivity contribution in [3.05, 3.63) is 71.5 Å². The molecule has 0 spiro atoms. The smallest absolute Gasteiger partial charge is 0.253 e. The lowest BCUT2D eigenvalue weighted by atomic mass is 9.93. The van der Waals surface area contributed by atoms with Gasteiger partial charge in [0.25, 0.3) is 5.91 Å². The summed E-state index contributed by atoms with van der Waals surface area (Å²) in [5, 5.41) is 3.84. The number of benzene rings is 1. The average Bonchev–Trinajstić information content (AvgIpc) is 3.52. The van der Waals surface area contributed by atoms with Crippen LogP contribution in [0.4, 0.5) is 5.69 Å². The second-order valence-electron chi connectivity index (χ2n) is 9.94. The quantitative estimate of drug-likeness (QED) is 0.290. The molecule has 2 aromatic heterocycles. The van der Waals surface area contributed by atoms with Crippen LogP contribution in [0.25, 0.3) is 0 Å². The van der Waals surface area contributed by atoms with E-state index in [9.17, 15) is 9.59 Å². The van der Waals surface area contributed by atoms with Gasteiger partial charge in [-0.25, -0.2) is 9.97 Å². The van der Waals surface area contributed by atoms with E-state index in [-0.39, 0.29) is 17.2 Å². The molecular formula is C27H32N4O3S2. The number of likely N-dealkylation sites (tertiary alicyclic amines) is 1. The Bertz CT molecular complexity index is 1220. The van der Waals surface area contributed by atoms with Gasteiger partial charge in [0.2, 0.25) is 11.8 Å². The molecule has 1 aliphatic rings. The topological polar surface area (TPSA) is 88.3 Å². The molecule has 1 aliphatic heterocycles. The average molecular weight is 525 g/mol. The summed E-state index contributed by atoms with van der Waals surface area (Å²) in [6.45, 7) is 11.2. The van der Waals surface area contributed by atoms with E-state index in [0.29, 0.717) is 22.9 Å². The molecule has 3 aromatic rings. The van der Waals surface area contributed by atoms with Gasteiger partial charge >= 0.3 is 0 Å². The number of oxazole rings is 1. The number of nitrogens with one attached hydrogen (secondary N) is 1. The highest BCUT2D eigenvalue weighted by Gasteiger charge is 2.25. The fraction of sp³-hybridized carbons (Fsp3) is 0.407. The van der Waals surface area contributed by atoms with Crippen molar-refractivity contribution in [2.24, 2.45) is 5.92 Å². The largest absolute Gasteiger partial charge is 0.444 e. The van der Waals surface area contributed by atoms with Gasteiger partial charge in [0.05, 0.1) is 27.4 Å². The number of hydrogen-bond donors (Lipinski definition) is 1. The van der Waals surface area contributed by atoms with Crippen LogP contribution in [0.2, 0.25) is 0 Å². The Balaban J connectivity index is 1.25. The number of rotatable bonds is 8. The fourth-order valence-corrected chi connectivity index (χ4v) is 5.99. The van der Waals surface area contributed by atoms with Crippen molar-refractivity contribution in [3.8, 4) is 0 Å². The number of amides is 2. The number of carbonyl (C=O) groups excluding carboxylic acids is 2. The highest BCUT2D eigenvalue weighted by atomic mass is 32.2. The van der Waals surface area contributed by atoms with E-state index in [0.717, 1.165) is 53.2 Å². The Kier molecular flexibility index (Phi) is 8.31. The first kappa shape index (κ1) is 26.2. The molecule has 9 heteroatoms. The van der Waals surface area contributed by atoms with Crippen LogP contribution in [0.15, 0.2) is 57.9 Å². The molecule has 1 N–H and O–H groups in total. The normalized spacial score (nSPS) is 14.6. The molecule has 2 amide bonds. The minimum Gasteiger partial charge on any atom is -0.444 e. The van der Waals surface area contributed by atoms with Crippen LogP contribution in [0.5, 0.6) is 0 Å². The fourth-order valence-electron chi connectivity index (χ4n) is 4.00. The van der Waals surface area contributed by atoms with Crippen molar-refractivity contribution in [3.63, 3.8) is 0 Å². The Morgan fingerprint density at radius 1 is 1.25 bits per heavy atom. The third-order valence-electron chi connectivity index (χ3n) is 6.09. The first-order valence-corrected chi connectivity index (χ1v) is 13.9. The van der Waals surface area contributed by atoms with Crippen LogP contribution in [0, 0.1) is 5.92 Å². The molecule has 4 rings (SSSR count). The van der Waals surface area contributed by atoms with E-state index >= 15 is 0 Å². The van der Waals surface area contributed by atoms with E-state index < -0.39 is 0 Å². The number of piperidine rings is 1. The Hall–Kier alpha value is -2.91. The minimum atomic E-state index is -0.295. The second kappa shape index (κ2) is 11.4. The maximum atomic E-state index is 13.0. The molecule has 1 aromatic carbocycles. The summed E-state index contributed by atoms with van der Waals surface area (Å²) in [6, 6.07) is 7.04. The molecule has 7 nitrogen and oxygen atoms in total. The molecule has 0 bridgehead atoms. The van der Waals surface area contributed by atoms with E-state index in [1.165, 1.54) is 6.08 Å². The SMILES string of the molecule is C=CC(=O)Nc1cccc(C(=O)N2CCC(Cc3ncc(SCc4ncc(C(C)(C)C)o4)s3)CC2)c1. The van der Waals surface area contributed by atoms with E-state index in [4.69, 9.17) is 4.42 Å². The zero-order chi connectivity index (χ0) is 25.7. The molecule has 0 aliphatic carbocycles. The summed E-state index contributed by atoms with van der Waals surface area (Å²) < 4.78 is 7.05. The Morgan fingerprint density at radius 3 is 2.72 bits per heavy atom. The van der Waals surface area contributed by atoms with Crippen LogP contribution in [0.1, 0.15) is 60.6 Å². The van der Waals surface area contributed by atoms with Gasteiger partial charge in [-0.15, -0.1) is 23.1 Å². The Labute approximate surface area is 220 Å². The third kappa shape index (κ3) is 6.85. The molecule has 36 heavy (non-hydrogen) atoms. The number of hydrogen-bond acceptors (Lipinski definition) is 7. The number of aromatic nitrogens is 2. The summed E-state index contributed by atoms with van der Waals surface area (Å²) in [4.78, 5) is 35.5. The minimum absolute atomic E-state index is 0.00256. The molecule has 1 saturated heterocycles. The maximum Gasteiger partial charge on any atom is 0.253 e. The molecule has 0 saturated carbocycles. The van der Waals surface area contributed by atoms with Crippen molar-refractivity contribution in [1.82, 2.24) is 14.9 Å². The molecule has 3 heterocycles. The van der Waals surface area contributed by atoms with Crippen molar-refractivity contribution >= 4 is 40.6 Å². The van der Waals surface area contributed by atoms with Crippen LogP contribution in [-0.4, -0.2) is 39.8 Å². The Morgan fingerprint density at radius 2 is 2.03 bits per heavy atom. The van der Waals surface area contributed by atoms with E-state index in [2.05, 4.69) is 42.6 Å². The lowest BCUT2D eigenvalue weighted by Gasteiger charge is -2.31. The monoisotopic (exact) mass is 524 g/mol. The zero-order valence-corrected chi connectivity index (χ0v) is 22.6. The summed E-state index contributed by atoms with van der Waals surface area (Å²) in [7, 11) is 0. The van der Waals surface area contributed by atoms with Crippen LogP contribution in [0.3, 0.4) is 0 Å². The highest BCUT2D eigenvalue weighted by Crippen LogP contribution is 2.32. The van der Waals surface area contributed by atoms with Crippen LogP contribution < -0.4 is 5.32 Å². The number of thioether (sulfide) groups is 1. The molecular weight excluding hydrogens is 492 g/mol. The number of carbonyl (C=O) groups is 2. The predicted molar refractivity (Wildman–Crippen MR) is 144 cm³/mol. The second-order valence-corrected chi connectivity index (χ2v) is 12.3. The summed E-state index contributed by atoms with van der Waals surface area (Å²) >= 11 is 3.43. The molecule has 1 fully saturated rings. The maximum absolute atomic E-state index is 13.0. The van der Waals surface area contributed by atoms with E-state index in [1.54, 1.807) is 47.4 Å². The van der Waals surface area contributed by atoms with Crippen LogP contribution in [-0.2, 0) is 22.4 Å². The molecule has 0 radical (unpaired) electrons. The van der Waals surface area contributed by atoms with Crippen molar-refractivity contribution in [2.75, 3.05) is 18.4 Å². The highest BCUT2D eigenvalue weighted by molar-refractivity contribution is 8.00. The third-order valence-corrected chi connectivity index (χ3v) is 8.29. The lowest BCUT2D eigenvalue weighted by molar-refractivity contribution is -0.111. The van der Waals surface area contributed by atoms with Gasteiger partial charge in [0, 0.05) is 36.2 Å². The first-order valence-electron chi connectivity index (χ1n) is 12.1. The lowest BCUT2D eigenvalue weighted by Crippen LogP contribution is -2.38. The number of anilines is 1. The number of nitrogens with zero attached hydrogens (tertiary/aromatic N) is 3. The zero-order valence-electron chi connectivity index (χ0n) is 21.0. The van der Waals surface area contributed by atoms with Crippen LogP contribution >= 0.6 is 23.1 Å². The van der Waals surface area contributed by atoms with Gasteiger partial charge in [0.15, 0.2) is 0 Å². The standard InChI is InChI=1S/C27H32N4O3S2/c1-5-22(32)30-20-8-6-7-19(14-20)26(33)31-11-9-18(10-12-31)13-24-29-16-25(36-24)35-17-23-28-15-21(34-23)27(2,3)4/h5-8,14-16,18H,1,9-13,17H2,2-4H3,(H,30,32).